The van der Waals surface area contributed by atoms with E-state index in [0.29, 0.717) is 12.6 Å². The molecule has 132 valence electrons. The molecule has 7 heteroatoms. The Morgan fingerprint density at radius 3 is 2.75 bits per heavy atom. The van der Waals surface area contributed by atoms with Crippen molar-refractivity contribution in [3.05, 3.63) is 33.9 Å². The second-order valence-electron chi connectivity index (χ2n) is 6.05. The van der Waals surface area contributed by atoms with Gasteiger partial charge >= 0.3 is 0 Å². The van der Waals surface area contributed by atoms with Crippen LogP contribution in [0, 0.1) is 10.1 Å². The summed E-state index contributed by atoms with van der Waals surface area (Å²) in [5.74, 6) is -0.283. The van der Waals surface area contributed by atoms with Gasteiger partial charge < -0.3 is 9.64 Å². The van der Waals surface area contributed by atoms with Crippen LogP contribution >= 0.6 is 0 Å². The SMILES string of the molecule is CCC1CN(c2ccc([N+](=O)[O-])c(C(C)=O)c2)CCN1CCOC. The molecule has 1 heterocycles. The Hall–Kier alpha value is -1.99. The molecule has 0 amide bonds. The average molecular weight is 335 g/mol. The summed E-state index contributed by atoms with van der Waals surface area (Å²) in [6.45, 7) is 7.72. The highest BCUT2D eigenvalue weighted by Gasteiger charge is 2.27. The molecule has 7 nitrogen and oxygen atoms in total. The summed E-state index contributed by atoms with van der Waals surface area (Å²) in [4.78, 5) is 26.9. The van der Waals surface area contributed by atoms with Gasteiger partial charge in [0.05, 0.1) is 17.1 Å². The van der Waals surface area contributed by atoms with Crippen LogP contribution in [-0.2, 0) is 4.74 Å². The van der Waals surface area contributed by atoms with Crippen molar-refractivity contribution in [2.75, 3.05) is 44.8 Å². The first-order valence-corrected chi connectivity index (χ1v) is 8.25. The third kappa shape index (κ3) is 4.10. The van der Waals surface area contributed by atoms with Crippen LogP contribution in [0.25, 0.3) is 0 Å². The van der Waals surface area contributed by atoms with Crippen molar-refractivity contribution in [1.82, 2.24) is 4.90 Å². The minimum absolute atomic E-state index is 0.128. The molecule has 0 spiro atoms. The molecule has 1 aromatic carbocycles. The molecule has 2 rings (SSSR count). The second kappa shape index (κ2) is 8.21. The van der Waals surface area contributed by atoms with Crippen LogP contribution in [-0.4, -0.2) is 61.5 Å². The lowest BCUT2D eigenvalue weighted by molar-refractivity contribution is -0.385. The van der Waals surface area contributed by atoms with Gasteiger partial charge in [-0.05, 0) is 25.5 Å². The van der Waals surface area contributed by atoms with Crippen molar-refractivity contribution in [1.29, 1.82) is 0 Å². The summed E-state index contributed by atoms with van der Waals surface area (Å²) >= 11 is 0. The fourth-order valence-corrected chi connectivity index (χ4v) is 3.18. The van der Waals surface area contributed by atoms with Gasteiger partial charge in [0, 0.05) is 51.1 Å². The molecule has 1 atom stereocenters. The van der Waals surface area contributed by atoms with Crippen molar-refractivity contribution in [3.63, 3.8) is 0 Å². The highest BCUT2D eigenvalue weighted by molar-refractivity contribution is 5.99. The molecule has 1 unspecified atom stereocenters. The summed E-state index contributed by atoms with van der Waals surface area (Å²) < 4.78 is 5.17. The zero-order valence-electron chi connectivity index (χ0n) is 14.5. The first-order chi connectivity index (χ1) is 11.5. The number of hydrogen-bond donors (Lipinski definition) is 0. The Bertz CT molecular complexity index is 605. The van der Waals surface area contributed by atoms with Crippen molar-refractivity contribution in [2.45, 2.75) is 26.3 Å². The number of rotatable bonds is 7. The molecule has 0 radical (unpaired) electrons. The van der Waals surface area contributed by atoms with Gasteiger partial charge in [0.15, 0.2) is 5.78 Å². The lowest BCUT2D eigenvalue weighted by atomic mass is 10.1. The highest BCUT2D eigenvalue weighted by atomic mass is 16.6. The zero-order valence-corrected chi connectivity index (χ0v) is 14.5. The van der Waals surface area contributed by atoms with E-state index < -0.39 is 4.92 Å². The van der Waals surface area contributed by atoms with Gasteiger partial charge in [-0.3, -0.25) is 19.8 Å². The molecule has 0 bridgehead atoms. The number of benzene rings is 1. The number of hydrogen-bond acceptors (Lipinski definition) is 6. The summed E-state index contributed by atoms with van der Waals surface area (Å²) in [5, 5.41) is 11.1. The van der Waals surface area contributed by atoms with E-state index in [2.05, 4.69) is 16.7 Å². The normalized spacial score (nSPS) is 18.6. The maximum Gasteiger partial charge on any atom is 0.280 e. The molecular weight excluding hydrogens is 310 g/mol. The standard InChI is InChI=1S/C17H25N3O4/c1-4-14-12-19(8-7-18(14)9-10-24-3)15-5-6-17(20(22)23)16(11-15)13(2)21/h5-6,11,14H,4,7-10,12H2,1-3H3. The number of carbonyl (C=O) groups is 1. The van der Waals surface area contributed by atoms with Crippen LogP contribution in [0.15, 0.2) is 18.2 Å². The first-order valence-electron chi connectivity index (χ1n) is 8.25. The summed E-state index contributed by atoms with van der Waals surface area (Å²) in [7, 11) is 1.71. The van der Waals surface area contributed by atoms with Crippen molar-refractivity contribution < 1.29 is 14.5 Å². The molecule has 1 aliphatic rings. The van der Waals surface area contributed by atoms with E-state index >= 15 is 0 Å². The lowest BCUT2D eigenvalue weighted by Gasteiger charge is -2.42. The number of carbonyl (C=O) groups excluding carboxylic acids is 1. The van der Waals surface area contributed by atoms with E-state index in [-0.39, 0.29) is 17.0 Å². The number of ether oxygens (including phenoxy) is 1. The van der Waals surface area contributed by atoms with Crippen LogP contribution < -0.4 is 4.90 Å². The number of piperazine rings is 1. The minimum Gasteiger partial charge on any atom is -0.383 e. The predicted molar refractivity (Wildman–Crippen MR) is 92.8 cm³/mol. The molecule has 0 aromatic heterocycles. The van der Waals surface area contributed by atoms with E-state index in [1.165, 1.54) is 13.0 Å². The third-order valence-electron chi connectivity index (χ3n) is 4.58. The second-order valence-corrected chi connectivity index (χ2v) is 6.05. The molecular formula is C17H25N3O4. The van der Waals surface area contributed by atoms with Gasteiger partial charge in [-0.15, -0.1) is 0 Å². The topological polar surface area (TPSA) is 75.9 Å². The Morgan fingerprint density at radius 1 is 1.42 bits per heavy atom. The Kier molecular flexibility index (Phi) is 6.28. The van der Waals surface area contributed by atoms with Gasteiger partial charge in [0.25, 0.3) is 5.69 Å². The van der Waals surface area contributed by atoms with Gasteiger partial charge in [-0.1, -0.05) is 6.92 Å². The number of Topliss-reactive ketones (excluding diaryl/α,β-unsaturated/α-hetero) is 1. The lowest BCUT2D eigenvalue weighted by Crippen LogP contribution is -2.53. The molecule has 1 aliphatic heterocycles. The van der Waals surface area contributed by atoms with Gasteiger partial charge in [-0.25, -0.2) is 0 Å². The van der Waals surface area contributed by atoms with Crippen LogP contribution in [0.5, 0.6) is 0 Å². The zero-order chi connectivity index (χ0) is 17.7. The quantitative estimate of drug-likeness (QED) is 0.432. The van der Waals surface area contributed by atoms with E-state index in [0.717, 1.165) is 38.3 Å². The smallest absolute Gasteiger partial charge is 0.280 e. The number of nitro groups is 1. The largest absolute Gasteiger partial charge is 0.383 e. The maximum absolute atomic E-state index is 11.8. The first kappa shape index (κ1) is 18.4. The summed E-state index contributed by atoms with van der Waals surface area (Å²) in [5.41, 5.74) is 0.917. The Morgan fingerprint density at radius 2 is 2.17 bits per heavy atom. The predicted octanol–water partition coefficient (Wildman–Crippen LogP) is 2.34. The van der Waals surface area contributed by atoms with Crippen molar-refractivity contribution >= 4 is 17.2 Å². The molecule has 0 N–H and O–H groups in total. The maximum atomic E-state index is 11.8. The van der Waals surface area contributed by atoms with E-state index in [4.69, 9.17) is 4.74 Å². The molecule has 1 fully saturated rings. The summed E-state index contributed by atoms with van der Waals surface area (Å²) in [6, 6.07) is 5.23. The van der Waals surface area contributed by atoms with Crippen LogP contribution in [0.2, 0.25) is 0 Å². The van der Waals surface area contributed by atoms with Crippen LogP contribution in [0.1, 0.15) is 30.6 Å². The molecule has 0 aliphatic carbocycles. The number of nitrogens with zero attached hydrogens (tertiary/aromatic N) is 3. The molecule has 0 saturated carbocycles. The average Bonchev–Trinajstić information content (AvgIpc) is 2.59. The number of ketones is 1. The monoisotopic (exact) mass is 335 g/mol. The molecule has 1 saturated heterocycles. The number of anilines is 1. The minimum atomic E-state index is -0.502. The fraction of sp³-hybridized carbons (Fsp3) is 0.588. The van der Waals surface area contributed by atoms with Gasteiger partial charge in [0.1, 0.15) is 0 Å². The van der Waals surface area contributed by atoms with Crippen molar-refractivity contribution in [2.24, 2.45) is 0 Å². The van der Waals surface area contributed by atoms with Crippen molar-refractivity contribution in [3.8, 4) is 0 Å². The number of nitro benzene ring substituents is 1. The Labute approximate surface area is 142 Å². The fourth-order valence-electron chi connectivity index (χ4n) is 3.18. The van der Waals surface area contributed by atoms with E-state index in [9.17, 15) is 14.9 Å². The van der Waals surface area contributed by atoms with Gasteiger partial charge in [0.2, 0.25) is 0 Å². The van der Waals surface area contributed by atoms with Crippen LogP contribution in [0.4, 0.5) is 11.4 Å². The van der Waals surface area contributed by atoms with Crippen LogP contribution in [0.3, 0.4) is 0 Å². The van der Waals surface area contributed by atoms with E-state index in [1.807, 2.05) is 0 Å². The Balaban J connectivity index is 2.19. The third-order valence-corrected chi connectivity index (χ3v) is 4.58. The van der Waals surface area contributed by atoms with Gasteiger partial charge in [-0.2, -0.15) is 0 Å². The summed E-state index contributed by atoms with van der Waals surface area (Å²) in [6.07, 6.45) is 1.02. The van der Waals surface area contributed by atoms with E-state index in [1.54, 1.807) is 19.2 Å². The number of methoxy groups -OCH3 is 1. The highest BCUT2D eigenvalue weighted by Crippen LogP contribution is 2.27. The molecule has 24 heavy (non-hydrogen) atoms. The molecule has 1 aromatic rings.